The van der Waals surface area contributed by atoms with Crippen molar-refractivity contribution < 1.29 is 14.3 Å². The standard InChI is InChI=1S/C17H24N2O3/c1-17(2,16(21)19-10-5-4-6-11-19)15(20)18-13-8-7-9-14(12-13)22-3/h7-9,12H,4-6,10-11H2,1-3H3,(H,18,20). The largest absolute Gasteiger partial charge is 0.497 e. The predicted octanol–water partition coefficient (Wildman–Crippen LogP) is 2.67. The van der Waals surface area contributed by atoms with Crippen molar-refractivity contribution in [2.75, 3.05) is 25.5 Å². The number of benzene rings is 1. The number of amides is 2. The minimum Gasteiger partial charge on any atom is -0.497 e. The molecule has 5 heteroatoms. The van der Waals surface area contributed by atoms with Gasteiger partial charge in [-0.15, -0.1) is 0 Å². The second-order valence-electron chi connectivity index (χ2n) is 6.16. The molecule has 1 fully saturated rings. The van der Waals surface area contributed by atoms with Crippen LogP contribution in [0.3, 0.4) is 0 Å². The highest BCUT2D eigenvalue weighted by molar-refractivity contribution is 6.09. The number of likely N-dealkylation sites (tertiary alicyclic amines) is 1. The number of carbonyl (C=O) groups is 2. The Labute approximate surface area is 131 Å². The highest BCUT2D eigenvalue weighted by atomic mass is 16.5. The summed E-state index contributed by atoms with van der Waals surface area (Å²) in [7, 11) is 1.57. The van der Waals surface area contributed by atoms with Gasteiger partial charge in [0.15, 0.2) is 0 Å². The lowest BCUT2D eigenvalue weighted by atomic mass is 9.89. The van der Waals surface area contributed by atoms with E-state index in [1.54, 1.807) is 50.1 Å². The summed E-state index contributed by atoms with van der Waals surface area (Å²) in [6.07, 6.45) is 3.18. The van der Waals surface area contributed by atoms with E-state index in [9.17, 15) is 9.59 Å². The third-order valence-corrected chi connectivity index (χ3v) is 4.07. The molecule has 0 spiro atoms. The number of nitrogens with zero attached hydrogens (tertiary/aromatic N) is 1. The van der Waals surface area contributed by atoms with Gasteiger partial charge in [0.05, 0.1) is 7.11 Å². The summed E-state index contributed by atoms with van der Waals surface area (Å²) in [6.45, 7) is 4.85. The molecule has 1 aliphatic rings. The van der Waals surface area contributed by atoms with Crippen LogP contribution in [-0.2, 0) is 9.59 Å². The van der Waals surface area contributed by atoms with E-state index in [1.165, 1.54) is 0 Å². The summed E-state index contributed by atoms with van der Waals surface area (Å²) in [4.78, 5) is 26.9. The number of methoxy groups -OCH3 is 1. The van der Waals surface area contributed by atoms with Crippen molar-refractivity contribution in [1.82, 2.24) is 4.90 Å². The van der Waals surface area contributed by atoms with Crippen molar-refractivity contribution >= 4 is 17.5 Å². The number of hydrogen-bond acceptors (Lipinski definition) is 3. The SMILES string of the molecule is COc1cccc(NC(=O)C(C)(C)C(=O)N2CCCCC2)c1. The summed E-state index contributed by atoms with van der Waals surface area (Å²) < 4.78 is 5.14. The van der Waals surface area contributed by atoms with Crippen LogP contribution in [0.2, 0.25) is 0 Å². The summed E-state index contributed by atoms with van der Waals surface area (Å²) >= 11 is 0. The number of hydrogen-bond donors (Lipinski definition) is 1. The van der Waals surface area contributed by atoms with Crippen molar-refractivity contribution in [2.24, 2.45) is 5.41 Å². The Hall–Kier alpha value is -2.04. The number of piperidine rings is 1. The lowest BCUT2D eigenvalue weighted by molar-refractivity contribution is -0.147. The molecular weight excluding hydrogens is 280 g/mol. The highest BCUT2D eigenvalue weighted by Crippen LogP contribution is 2.25. The van der Waals surface area contributed by atoms with Gasteiger partial charge >= 0.3 is 0 Å². The van der Waals surface area contributed by atoms with Crippen LogP contribution in [0, 0.1) is 5.41 Å². The zero-order valence-electron chi connectivity index (χ0n) is 13.5. The van der Waals surface area contributed by atoms with Gasteiger partial charge in [0.2, 0.25) is 11.8 Å². The summed E-state index contributed by atoms with van der Waals surface area (Å²) in [6, 6.07) is 7.12. The molecule has 0 bridgehead atoms. The maximum atomic E-state index is 12.6. The molecule has 0 aromatic heterocycles. The number of carbonyl (C=O) groups excluding carboxylic acids is 2. The average molecular weight is 304 g/mol. The first-order chi connectivity index (χ1) is 10.4. The molecule has 1 heterocycles. The van der Waals surface area contributed by atoms with E-state index in [4.69, 9.17) is 4.74 Å². The molecular formula is C17H24N2O3. The molecule has 1 aliphatic heterocycles. The summed E-state index contributed by atoms with van der Waals surface area (Å²) in [5.74, 6) is 0.266. The third kappa shape index (κ3) is 3.59. The zero-order chi connectivity index (χ0) is 16.2. The van der Waals surface area contributed by atoms with E-state index in [2.05, 4.69) is 5.32 Å². The molecule has 0 unspecified atom stereocenters. The van der Waals surface area contributed by atoms with Crippen LogP contribution >= 0.6 is 0 Å². The fourth-order valence-corrected chi connectivity index (χ4v) is 2.58. The molecule has 0 atom stereocenters. The Morgan fingerprint density at radius 2 is 1.86 bits per heavy atom. The Bertz CT molecular complexity index is 549. The molecule has 0 aliphatic carbocycles. The van der Waals surface area contributed by atoms with Crippen LogP contribution in [-0.4, -0.2) is 36.9 Å². The molecule has 1 aromatic carbocycles. The minimum absolute atomic E-state index is 0.104. The van der Waals surface area contributed by atoms with Gasteiger partial charge in [0.25, 0.3) is 0 Å². The van der Waals surface area contributed by atoms with Crippen molar-refractivity contribution in [1.29, 1.82) is 0 Å². The van der Waals surface area contributed by atoms with Crippen molar-refractivity contribution in [3.63, 3.8) is 0 Å². The first kappa shape index (κ1) is 16.3. The van der Waals surface area contributed by atoms with E-state index in [0.717, 1.165) is 32.4 Å². The van der Waals surface area contributed by atoms with E-state index < -0.39 is 5.41 Å². The van der Waals surface area contributed by atoms with Crippen LogP contribution in [0.25, 0.3) is 0 Å². The third-order valence-electron chi connectivity index (χ3n) is 4.07. The van der Waals surface area contributed by atoms with Crippen LogP contribution in [0.1, 0.15) is 33.1 Å². The molecule has 2 amide bonds. The van der Waals surface area contributed by atoms with Gasteiger partial charge in [-0.05, 0) is 45.2 Å². The van der Waals surface area contributed by atoms with E-state index in [0.29, 0.717) is 11.4 Å². The van der Waals surface area contributed by atoms with Gasteiger partial charge in [0, 0.05) is 24.8 Å². The number of rotatable bonds is 4. The van der Waals surface area contributed by atoms with Crippen molar-refractivity contribution in [2.45, 2.75) is 33.1 Å². The molecule has 0 radical (unpaired) electrons. The van der Waals surface area contributed by atoms with E-state index >= 15 is 0 Å². The van der Waals surface area contributed by atoms with Crippen LogP contribution in [0.4, 0.5) is 5.69 Å². The first-order valence-electron chi connectivity index (χ1n) is 7.70. The van der Waals surface area contributed by atoms with Gasteiger partial charge in [-0.2, -0.15) is 0 Å². The molecule has 22 heavy (non-hydrogen) atoms. The fraction of sp³-hybridized carbons (Fsp3) is 0.529. The average Bonchev–Trinajstić information content (AvgIpc) is 2.55. The Morgan fingerprint density at radius 1 is 1.18 bits per heavy atom. The smallest absolute Gasteiger partial charge is 0.239 e. The minimum atomic E-state index is -1.08. The Morgan fingerprint density at radius 3 is 2.50 bits per heavy atom. The maximum Gasteiger partial charge on any atom is 0.239 e. The fourth-order valence-electron chi connectivity index (χ4n) is 2.58. The second kappa shape index (κ2) is 6.81. The van der Waals surface area contributed by atoms with Crippen LogP contribution < -0.4 is 10.1 Å². The summed E-state index contributed by atoms with van der Waals surface area (Å²) in [5.41, 5.74) is -0.454. The number of nitrogens with one attached hydrogen (secondary N) is 1. The van der Waals surface area contributed by atoms with Gasteiger partial charge < -0.3 is 15.0 Å². The van der Waals surface area contributed by atoms with E-state index in [1.807, 2.05) is 0 Å². The quantitative estimate of drug-likeness (QED) is 0.870. The molecule has 0 saturated carbocycles. The molecule has 5 nitrogen and oxygen atoms in total. The monoisotopic (exact) mass is 304 g/mol. The highest BCUT2D eigenvalue weighted by Gasteiger charge is 2.39. The summed E-state index contributed by atoms with van der Waals surface area (Å²) in [5, 5.41) is 2.81. The van der Waals surface area contributed by atoms with Crippen molar-refractivity contribution in [3.05, 3.63) is 24.3 Å². The zero-order valence-corrected chi connectivity index (χ0v) is 13.5. The maximum absolute atomic E-state index is 12.6. The first-order valence-corrected chi connectivity index (χ1v) is 7.70. The topological polar surface area (TPSA) is 58.6 Å². The number of ether oxygens (including phenoxy) is 1. The van der Waals surface area contributed by atoms with Crippen molar-refractivity contribution in [3.8, 4) is 5.75 Å². The van der Waals surface area contributed by atoms with Crippen LogP contribution in [0.15, 0.2) is 24.3 Å². The molecule has 120 valence electrons. The molecule has 2 rings (SSSR count). The van der Waals surface area contributed by atoms with Gasteiger partial charge in [-0.1, -0.05) is 6.07 Å². The number of anilines is 1. The lowest BCUT2D eigenvalue weighted by Crippen LogP contribution is -2.48. The normalized spacial score (nSPS) is 15.3. The molecule has 1 N–H and O–H groups in total. The Balaban J connectivity index is 2.07. The van der Waals surface area contributed by atoms with Gasteiger partial charge in [-0.25, -0.2) is 0 Å². The van der Waals surface area contributed by atoms with Gasteiger partial charge in [0.1, 0.15) is 11.2 Å². The Kier molecular flexibility index (Phi) is 5.06. The second-order valence-corrected chi connectivity index (χ2v) is 6.16. The predicted molar refractivity (Wildman–Crippen MR) is 85.8 cm³/mol. The van der Waals surface area contributed by atoms with Crippen LogP contribution in [0.5, 0.6) is 5.75 Å². The van der Waals surface area contributed by atoms with Gasteiger partial charge in [-0.3, -0.25) is 9.59 Å². The van der Waals surface area contributed by atoms with E-state index in [-0.39, 0.29) is 11.8 Å². The lowest BCUT2D eigenvalue weighted by Gasteiger charge is -2.33. The molecule has 1 saturated heterocycles. The molecule has 1 aromatic rings.